The Balaban J connectivity index is 2.53. The third-order valence-corrected chi connectivity index (χ3v) is 5.07. The molecule has 0 saturated heterocycles. The van der Waals surface area contributed by atoms with Crippen LogP contribution in [-0.2, 0) is 10.0 Å². The van der Waals surface area contributed by atoms with Gasteiger partial charge in [-0.3, -0.25) is 15.1 Å². The second kappa shape index (κ2) is 5.71. The van der Waals surface area contributed by atoms with Gasteiger partial charge in [0.1, 0.15) is 4.90 Å². The molecule has 0 unspecified atom stereocenters. The zero-order valence-electron chi connectivity index (χ0n) is 12.2. The minimum atomic E-state index is -3.74. The fourth-order valence-electron chi connectivity index (χ4n) is 2.14. The molecule has 0 fully saturated rings. The van der Waals surface area contributed by atoms with Crippen molar-refractivity contribution in [2.24, 2.45) is 5.84 Å². The molecule has 1 heterocycles. The number of hydrogen-bond acceptors (Lipinski definition) is 5. The summed E-state index contributed by atoms with van der Waals surface area (Å²) >= 11 is 0. The number of anilines is 2. The highest BCUT2D eigenvalue weighted by Crippen LogP contribution is 2.28. The third-order valence-electron chi connectivity index (χ3n) is 3.27. The van der Waals surface area contributed by atoms with Crippen molar-refractivity contribution < 1.29 is 8.42 Å². The number of benzene rings is 1. The lowest BCUT2D eigenvalue weighted by Gasteiger charge is -2.22. The monoisotopic (exact) mass is 306 g/mol. The molecule has 0 spiro atoms. The predicted molar refractivity (Wildman–Crippen MR) is 83.6 cm³/mol. The molecule has 0 radical (unpaired) electrons. The van der Waals surface area contributed by atoms with Gasteiger partial charge in [-0.15, -0.1) is 0 Å². The van der Waals surface area contributed by atoms with Gasteiger partial charge >= 0.3 is 0 Å². The standard InChI is InChI=1S/C14H18N4O2S/c1-10-4-5-13(11(2)8-10)18(3)21(19,20)14-9-16-7-6-12(14)17-15/h4-9H,15H2,1-3H3,(H,16,17). The zero-order chi connectivity index (χ0) is 15.6. The third kappa shape index (κ3) is 2.84. The van der Waals surface area contributed by atoms with Gasteiger partial charge in [-0.05, 0) is 31.5 Å². The molecule has 1 aromatic heterocycles. The number of aryl methyl sites for hydroxylation is 2. The van der Waals surface area contributed by atoms with Crippen molar-refractivity contribution >= 4 is 21.4 Å². The lowest BCUT2D eigenvalue weighted by atomic mass is 10.1. The Bertz CT molecular complexity index is 759. The first-order valence-corrected chi connectivity index (χ1v) is 7.78. The summed E-state index contributed by atoms with van der Waals surface area (Å²) in [6.07, 6.45) is 2.76. The summed E-state index contributed by atoms with van der Waals surface area (Å²) in [5.74, 6) is 5.38. The van der Waals surface area contributed by atoms with Crippen LogP contribution >= 0.6 is 0 Å². The summed E-state index contributed by atoms with van der Waals surface area (Å²) in [7, 11) is -2.23. The molecule has 0 aliphatic rings. The summed E-state index contributed by atoms with van der Waals surface area (Å²) in [4.78, 5) is 3.91. The van der Waals surface area contributed by atoms with E-state index >= 15 is 0 Å². The second-order valence-electron chi connectivity index (χ2n) is 4.78. The topological polar surface area (TPSA) is 88.3 Å². The van der Waals surface area contributed by atoms with Crippen LogP contribution in [0.4, 0.5) is 11.4 Å². The summed E-state index contributed by atoms with van der Waals surface area (Å²) < 4.78 is 26.7. The molecule has 0 bridgehead atoms. The number of aromatic nitrogens is 1. The molecule has 0 atom stereocenters. The van der Waals surface area contributed by atoms with E-state index in [9.17, 15) is 8.42 Å². The Labute approximate surface area is 124 Å². The van der Waals surface area contributed by atoms with Gasteiger partial charge in [-0.2, -0.15) is 0 Å². The number of pyridine rings is 1. The molecule has 6 nitrogen and oxygen atoms in total. The molecule has 21 heavy (non-hydrogen) atoms. The van der Waals surface area contributed by atoms with E-state index in [0.29, 0.717) is 11.4 Å². The largest absolute Gasteiger partial charge is 0.323 e. The van der Waals surface area contributed by atoms with Crippen molar-refractivity contribution in [1.29, 1.82) is 0 Å². The lowest BCUT2D eigenvalue weighted by molar-refractivity contribution is 0.594. The number of nitrogens with two attached hydrogens (primary N) is 1. The first-order valence-electron chi connectivity index (χ1n) is 6.34. The molecule has 0 saturated carbocycles. The molecule has 2 aromatic rings. The van der Waals surface area contributed by atoms with Gasteiger partial charge in [0.15, 0.2) is 0 Å². The van der Waals surface area contributed by atoms with Crippen LogP contribution in [0, 0.1) is 13.8 Å². The molecule has 7 heteroatoms. The van der Waals surface area contributed by atoms with Gasteiger partial charge in [0.25, 0.3) is 10.0 Å². The molecular weight excluding hydrogens is 288 g/mol. The van der Waals surface area contributed by atoms with E-state index in [1.807, 2.05) is 26.0 Å². The SMILES string of the molecule is Cc1ccc(N(C)S(=O)(=O)c2cnccc2NN)c(C)c1. The zero-order valence-corrected chi connectivity index (χ0v) is 13.0. The van der Waals surface area contributed by atoms with Crippen molar-refractivity contribution in [1.82, 2.24) is 4.98 Å². The number of nitrogens with one attached hydrogen (secondary N) is 1. The number of rotatable bonds is 4. The van der Waals surface area contributed by atoms with Crippen molar-refractivity contribution in [3.8, 4) is 0 Å². The van der Waals surface area contributed by atoms with Gasteiger partial charge in [-0.1, -0.05) is 17.7 Å². The number of nitrogen functional groups attached to an aromatic ring is 1. The van der Waals surface area contributed by atoms with Crippen LogP contribution in [0.2, 0.25) is 0 Å². The quantitative estimate of drug-likeness (QED) is 0.664. The van der Waals surface area contributed by atoms with E-state index < -0.39 is 10.0 Å². The summed E-state index contributed by atoms with van der Waals surface area (Å²) in [6.45, 7) is 3.84. The molecule has 3 N–H and O–H groups in total. The van der Waals surface area contributed by atoms with Crippen LogP contribution in [0.1, 0.15) is 11.1 Å². The maximum absolute atomic E-state index is 12.7. The first kappa shape index (κ1) is 15.3. The van der Waals surface area contributed by atoms with Gasteiger partial charge in [0.05, 0.1) is 11.4 Å². The Morgan fingerprint density at radius 3 is 2.57 bits per heavy atom. The van der Waals surface area contributed by atoms with Crippen LogP contribution < -0.4 is 15.6 Å². The van der Waals surface area contributed by atoms with Crippen LogP contribution in [-0.4, -0.2) is 20.4 Å². The number of sulfonamides is 1. The fraction of sp³-hybridized carbons (Fsp3) is 0.214. The maximum Gasteiger partial charge on any atom is 0.267 e. The first-order chi connectivity index (χ1) is 9.87. The van der Waals surface area contributed by atoms with E-state index in [-0.39, 0.29) is 4.90 Å². The Kier molecular flexibility index (Phi) is 4.15. The highest BCUT2D eigenvalue weighted by molar-refractivity contribution is 7.93. The molecule has 0 aliphatic carbocycles. The van der Waals surface area contributed by atoms with E-state index in [1.165, 1.54) is 29.8 Å². The molecule has 2 rings (SSSR count). The number of nitrogens with zero attached hydrogens (tertiary/aromatic N) is 2. The van der Waals surface area contributed by atoms with Crippen LogP contribution in [0.3, 0.4) is 0 Å². The van der Waals surface area contributed by atoms with Crippen LogP contribution in [0.25, 0.3) is 0 Å². The molecular formula is C14H18N4O2S. The Morgan fingerprint density at radius 1 is 1.24 bits per heavy atom. The number of hydrazine groups is 1. The fourth-order valence-corrected chi connectivity index (χ4v) is 3.50. The molecule has 1 aromatic carbocycles. The second-order valence-corrected chi connectivity index (χ2v) is 6.72. The van der Waals surface area contributed by atoms with Crippen molar-refractivity contribution in [3.05, 3.63) is 47.8 Å². The molecule has 0 aliphatic heterocycles. The van der Waals surface area contributed by atoms with E-state index in [0.717, 1.165) is 11.1 Å². The number of hydrogen-bond donors (Lipinski definition) is 2. The predicted octanol–water partition coefficient (Wildman–Crippen LogP) is 1.81. The van der Waals surface area contributed by atoms with Gasteiger partial charge in [0.2, 0.25) is 0 Å². The summed E-state index contributed by atoms with van der Waals surface area (Å²) in [6, 6.07) is 7.11. The highest BCUT2D eigenvalue weighted by Gasteiger charge is 2.25. The van der Waals surface area contributed by atoms with Gasteiger partial charge < -0.3 is 5.43 Å². The Hall–Kier alpha value is -2.12. The van der Waals surface area contributed by atoms with E-state index in [4.69, 9.17) is 5.84 Å². The van der Waals surface area contributed by atoms with E-state index in [1.54, 1.807) is 6.07 Å². The summed E-state index contributed by atoms with van der Waals surface area (Å²) in [5.41, 5.74) is 5.27. The molecule has 112 valence electrons. The highest BCUT2D eigenvalue weighted by atomic mass is 32.2. The van der Waals surface area contributed by atoms with Gasteiger partial charge in [-0.25, -0.2) is 8.42 Å². The normalized spacial score (nSPS) is 11.2. The minimum absolute atomic E-state index is 0.0370. The van der Waals surface area contributed by atoms with Crippen LogP contribution in [0.5, 0.6) is 0 Å². The minimum Gasteiger partial charge on any atom is -0.323 e. The Morgan fingerprint density at radius 2 is 1.95 bits per heavy atom. The van der Waals surface area contributed by atoms with Crippen LogP contribution in [0.15, 0.2) is 41.6 Å². The molecule has 0 amide bonds. The van der Waals surface area contributed by atoms with Crippen molar-refractivity contribution in [3.63, 3.8) is 0 Å². The van der Waals surface area contributed by atoms with Gasteiger partial charge in [0, 0.05) is 19.4 Å². The van der Waals surface area contributed by atoms with E-state index in [2.05, 4.69) is 10.4 Å². The average molecular weight is 306 g/mol. The maximum atomic E-state index is 12.7. The van der Waals surface area contributed by atoms with Crippen molar-refractivity contribution in [2.75, 3.05) is 16.8 Å². The summed E-state index contributed by atoms with van der Waals surface area (Å²) in [5, 5.41) is 0. The smallest absolute Gasteiger partial charge is 0.267 e. The lowest BCUT2D eigenvalue weighted by Crippen LogP contribution is -2.28. The van der Waals surface area contributed by atoms with Crippen molar-refractivity contribution in [2.45, 2.75) is 18.7 Å². The average Bonchev–Trinajstić information content (AvgIpc) is 2.46.